The number of hydrogen-bond donors (Lipinski definition) is 0. The van der Waals surface area contributed by atoms with Gasteiger partial charge in [-0.15, -0.1) is 0 Å². The van der Waals surface area contributed by atoms with Crippen molar-refractivity contribution in [3.05, 3.63) is 215 Å². The van der Waals surface area contributed by atoms with Crippen molar-refractivity contribution in [3.63, 3.8) is 0 Å². The molecule has 10 aromatic rings. The highest BCUT2D eigenvalue weighted by molar-refractivity contribution is 6.32. The van der Waals surface area contributed by atoms with Crippen LogP contribution in [0, 0.1) is 41.5 Å². The van der Waals surface area contributed by atoms with E-state index < -0.39 is 0 Å². The normalized spacial score (nSPS) is 11.5. The van der Waals surface area contributed by atoms with Crippen molar-refractivity contribution < 1.29 is 0 Å². The van der Waals surface area contributed by atoms with Crippen LogP contribution in [0.3, 0.4) is 0 Å². The predicted molar refractivity (Wildman–Crippen MR) is 259 cm³/mol. The van der Waals surface area contributed by atoms with Gasteiger partial charge in [0.2, 0.25) is 0 Å². The van der Waals surface area contributed by atoms with Crippen molar-refractivity contribution in [1.29, 1.82) is 0 Å². The molecule has 0 saturated carbocycles. The van der Waals surface area contributed by atoms with Crippen LogP contribution in [-0.2, 0) is 0 Å². The van der Waals surface area contributed by atoms with Crippen LogP contribution >= 0.6 is 0 Å². The third-order valence-corrected chi connectivity index (χ3v) is 12.1. The fourth-order valence-electron chi connectivity index (χ4n) is 9.19. The summed E-state index contributed by atoms with van der Waals surface area (Å²) in [7, 11) is 0. The van der Waals surface area contributed by atoms with Gasteiger partial charge in [-0.3, -0.25) is 0 Å². The summed E-state index contributed by atoms with van der Waals surface area (Å²) in [5.74, 6) is 0. The first-order valence-corrected chi connectivity index (χ1v) is 21.0. The molecule has 0 radical (unpaired) electrons. The summed E-state index contributed by atoms with van der Waals surface area (Å²) in [6.45, 7) is 13.1. The summed E-state index contributed by atoms with van der Waals surface area (Å²) < 4.78 is 0. The quantitative estimate of drug-likeness (QED) is 0.142. The van der Waals surface area contributed by atoms with Crippen LogP contribution in [-0.4, -0.2) is 0 Å². The van der Waals surface area contributed by atoms with Crippen molar-refractivity contribution >= 4 is 66.4 Å². The van der Waals surface area contributed by atoms with Crippen LogP contribution in [0.2, 0.25) is 0 Å². The molecular formula is C58H48N2. The Bertz CT molecular complexity index is 2900. The highest BCUT2D eigenvalue weighted by Gasteiger charge is 2.26. The lowest BCUT2D eigenvalue weighted by molar-refractivity contribution is 1.27. The van der Waals surface area contributed by atoms with Gasteiger partial charge in [-0.05, 0) is 157 Å². The van der Waals surface area contributed by atoms with Crippen molar-refractivity contribution in [2.75, 3.05) is 9.80 Å². The molecule has 0 aromatic heterocycles. The molecule has 0 atom stereocenters. The molecule has 10 rings (SSSR count). The molecule has 60 heavy (non-hydrogen) atoms. The van der Waals surface area contributed by atoms with E-state index >= 15 is 0 Å². The minimum Gasteiger partial charge on any atom is -0.310 e. The monoisotopic (exact) mass is 772 g/mol. The van der Waals surface area contributed by atoms with E-state index in [9.17, 15) is 0 Å². The molecule has 0 saturated heterocycles. The lowest BCUT2D eigenvalue weighted by atomic mass is 9.85. The Labute approximate surface area is 354 Å². The van der Waals surface area contributed by atoms with Crippen LogP contribution in [0.5, 0.6) is 0 Å². The maximum atomic E-state index is 2.47. The molecule has 0 fully saturated rings. The molecule has 290 valence electrons. The lowest BCUT2D eigenvalue weighted by Crippen LogP contribution is -2.12. The Balaban J connectivity index is 1.39. The Morgan fingerprint density at radius 3 is 0.867 bits per heavy atom. The van der Waals surface area contributed by atoms with Gasteiger partial charge < -0.3 is 9.80 Å². The number of rotatable bonds is 8. The summed E-state index contributed by atoms with van der Waals surface area (Å²) in [5.41, 5.74) is 19.1. The van der Waals surface area contributed by atoms with Gasteiger partial charge in [0.05, 0.1) is 11.4 Å². The second-order valence-electron chi connectivity index (χ2n) is 16.7. The zero-order valence-corrected chi connectivity index (χ0v) is 35.2. The number of anilines is 6. The predicted octanol–water partition coefficient (Wildman–Crippen LogP) is 16.7. The Morgan fingerprint density at radius 1 is 0.267 bits per heavy atom. The standard InChI is InChI=1S/C58H48N2/c1-37-19-23-43(24-20-37)53-35-55(59(45-15-7-11-39(3)31-45)46-16-8-12-40(4)32-46)51-30-28-50-54(44-25-21-38(2)22-26-44)36-56(52-29-27-49(53)57(51)58(50)52)60(47-17-9-13-41(5)33-47)48-18-10-14-42(6)34-48/h7-36H,1-6H3. The Morgan fingerprint density at radius 2 is 0.567 bits per heavy atom. The minimum absolute atomic E-state index is 1.14. The zero-order valence-electron chi connectivity index (χ0n) is 35.2. The van der Waals surface area contributed by atoms with Crippen LogP contribution in [0.1, 0.15) is 33.4 Å². The summed E-state index contributed by atoms with van der Waals surface area (Å²) in [5, 5.41) is 7.46. The average Bonchev–Trinajstić information content (AvgIpc) is 3.24. The highest BCUT2D eigenvalue weighted by Crippen LogP contribution is 2.52. The lowest BCUT2D eigenvalue weighted by Gasteiger charge is -2.31. The van der Waals surface area contributed by atoms with Crippen molar-refractivity contribution in [2.24, 2.45) is 0 Å². The van der Waals surface area contributed by atoms with Gasteiger partial charge in [0.1, 0.15) is 0 Å². The molecule has 10 aromatic carbocycles. The van der Waals surface area contributed by atoms with Crippen LogP contribution in [0.15, 0.2) is 182 Å². The largest absolute Gasteiger partial charge is 0.310 e. The van der Waals surface area contributed by atoms with Gasteiger partial charge in [-0.25, -0.2) is 0 Å². The molecule has 0 amide bonds. The molecule has 0 unspecified atom stereocenters. The highest BCUT2D eigenvalue weighted by atomic mass is 15.1. The molecular weight excluding hydrogens is 725 g/mol. The molecule has 0 heterocycles. The van der Waals surface area contributed by atoms with Crippen LogP contribution in [0.25, 0.3) is 54.6 Å². The number of hydrogen-bond acceptors (Lipinski definition) is 2. The summed E-state index contributed by atoms with van der Waals surface area (Å²) in [6.07, 6.45) is 0. The molecule has 0 aliphatic heterocycles. The van der Waals surface area contributed by atoms with E-state index in [0.717, 1.165) is 34.1 Å². The van der Waals surface area contributed by atoms with E-state index in [0.29, 0.717) is 0 Å². The molecule has 0 aliphatic carbocycles. The molecule has 0 N–H and O–H groups in total. The van der Waals surface area contributed by atoms with E-state index in [1.54, 1.807) is 0 Å². The molecule has 2 heteroatoms. The second-order valence-corrected chi connectivity index (χ2v) is 16.7. The summed E-state index contributed by atoms with van der Waals surface area (Å²) in [4.78, 5) is 4.94. The van der Waals surface area contributed by atoms with E-state index in [1.807, 2.05) is 0 Å². The first-order chi connectivity index (χ1) is 29.2. The van der Waals surface area contributed by atoms with E-state index in [2.05, 4.69) is 233 Å². The van der Waals surface area contributed by atoms with E-state index in [4.69, 9.17) is 0 Å². The third kappa shape index (κ3) is 6.55. The van der Waals surface area contributed by atoms with Gasteiger partial charge >= 0.3 is 0 Å². The Kier molecular flexibility index (Phi) is 9.22. The third-order valence-electron chi connectivity index (χ3n) is 12.1. The molecule has 2 nitrogen and oxygen atoms in total. The second kappa shape index (κ2) is 14.9. The summed E-state index contributed by atoms with van der Waals surface area (Å²) >= 11 is 0. The van der Waals surface area contributed by atoms with E-state index in [1.165, 1.54) is 88.0 Å². The number of nitrogens with zero attached hydrogens (tertiary/aromatic N) is 2. The van der Waals surface area contributed by atoms with Gasteiger partial charge in [0.25, 0.3) is 0 Å². The topological polar surface area (TPSA) is 6.48 Å². The van der Waals surface area contributed by atoms with Gasteiger partial charge in [0, 0.05) is 44.3 Å². The maximum Gasteiger partial charge on any atom is 0.0546 e. The minimum atomic E-state index is 1.14. The smallest absolute Gasteiger partial charge is 0.0546 e. The van der Waals surface area contributed by atoms with Crippen LogP contribution < -0.4 is 9.80 Å². The first-order valence-electron chi connectivity index (χ1n) is 21.0. The number of benzene rings is 10. The zero-order chi connectivity index (χ0) is 41.1. The van der Waals surface area contributed by atoms with E-state index in [-0.39, 0.29) is 0 Å². The fourth-order valence-corrected chi connectivity index (χ4v) is 9.19. The SMILES string of the molecule is Cc1ccc(-c2cc(N(c3cccc(C)c3)c3cccc(C)c3)c3ccc4c(-c5ccc(C)cc5)cc(N(c5cccc(C)c5)c5cccc(C)c5)c5ccc2c3c45)cc1. The molecule has 0 aliphatic rings. The van der Waals surface area contributed by atoms with Gasteiger partial charge in [0.15, 0.2) is 0 Å². The average molecular weight is 773 g/mol. The van der Waals surface area contributed by atoms with Crippen LogP contribution in [0.4, 0.5) is 34.1 Å². The maximum absolute atomic E-state index is 2.47. The van der Waals surface area contributed by atoms with Crippen molar-refractivity contribution in [3.8, 4) is 22.3 Å². The van der Waals surface area contributed by atoms with Crippen molar-refractivity contribution in [1.82, 2.24) is 0 Å². The summed E-state index contributed by atoms with van der Waals surface area (Å²) in [6, 6.07) is 68.1. The fraction of sp³-hybridized carbons (Fsp3) is 0.103. The van der Waals surface area contributed by atoms with Gasteiger partial charge in [-0.2, -0.15) is 0 Å². The first kappa shape index (κ1) is 37.1. The van der Waals surface area contributed by atoms with Crippen molar-refractivity contribution in [2.45, 2.75) is 41.5 Å². The molecule has 0 bridgehead atoms. The Hall–Kier alpha value is -7.16. The number of aryl methyl sites for hydroxylation is 6. The molecule has 0 spiro atoms. The van der Waals surface area contributed by atoms with Gasteiger partial charge in [-0.1, -0.05) is 132 Å².